The van der Waals surface area contributed by atoms with Crippen LogP contribution in [0.1, 0.15) is 53.2 Å². The van der Waals surface area contributed by atoms with Crippen LogP contribution in [0, 0.1) is 12.7 Å². The maximum Gasteiger partial charge on any atom is 0.253 e. The normalized spacial score (nSPS) is 23.3. The van der Waals surface area contributed by atoms with Gasteiger partial charge in [0.15, 0.2) is 0 Å². The molecule has 1 saturated carbocycles. The highest BCUT2D eigenvalue weighted by molar-refractivity contribution is 6.34. The first-order valence-corrected chi connectivity index (χ1v) is 9.85. The van der Waals surface area contributed by atoms with Gasteiger partial charge in [0, 0.05) is 0 Å². The molecule has 0 aliphatic heterocycles. The number of rotatable bonds is 4. The van der Waals surface area contributed by atoms with Crippen molar-refractivity contribution >= 4 is 29.1 Å². The molecule has 2 aromatic carbocycles. The van der Waals surface area contributed by atoms with E-state index >= 15 is 0 Å². The number of carbonyl (C=O) groups is 1. The molecule has 0 heterocycles. The van der Waals surface area contributed by atoms with Crippen molar-refractivity contribution in [3.8, 4) is 0 Å². The van der Waals surface area contributed by atoms with E-state index in [-0.39, 0.29) is 41.8 Å². The summed E-state index contributed by atoms with van der Waals surface area (Å²) in [5, 5.41) is 14.1. The predicted molar refractivity (Wildman–Crippen MR) is 106 cm³/mol. The van der Waals surface area contributed by atoms with E-state index in [9.17, 15) is 18.7 Å². The van der Waals surface area contributed by atoms with Crippen molar-refractivity contribution in [1.29, 1.82) is 0 Å². The Bertz CT molecular complexity index is 883. The number of hydrogen-bond acceptors (Lipinski definition) is 2. The standard InChI is InChI=1S/C21H21Cl2F2NO2/c1-12-4-2-6-15(17(12)22)20(27)26-19(14-5-3-7-16(25)18(14)23)21(28)10-8-13(24)9-11-21/h2-7,13,19,28H,8-11H2,1H3,(H,26,27). The lowest BCUT2D eigenvalue weighted by Gasteiger charge is -2.41. The van der Waals surface area contributed by atoms with E-state index in [1.165, 1.54) is 12.1 Å². The maximum absolute atomic E-state index is 14.1. The first-order chi connectivity index (χ1) is 13.2. The molecule has 0 bridgehead atoms. The molecule has 0 radical (unpaired) electrons. The van der Waals surface area contributed by atoms with Gasteiger partial charge in [0.05, 0.1) is 27.3 Å². The van der Waals surface area contributed by atoms with Crippen LogP contribution >= 0.6 is 23.2 Å². The van der Waals surface area contributed by atoms with Gasteiger partial charge in [-0.05, 0) is 55.9 Å². The van der Waals surface area contributed by atoms with Crippen molar-refractivity contribution in [2.24, 2.45) is 0 Å². The largest absolute Gasteiger partial charge is 0.387 e. The number of carbonyl (C=O) groups excluding carboxylic acids is 1. The van der Waals surface area contributed by atoms with Crippen LogP contribution < -0.4 is 5.32 Å². The van der Waals surface area contributed by atoms with Crippen LogP contribution in [0.4, 0.5) is 8.78 Å². The average Bonchev–Trinajstić information content (AvgIpc) is 2.67. The molecule has 1 aliphatic rings. The van der Waals surface area contributed by atoms with Gasteiger partial charge in [-0.25, -0.2) is 8.78 Å². The number of amides is 1. The second-order valence-electron chi connectivity index (χ2n) is 7.26. The number of alkyl halides is 1. The van der Waals surface area contributed by atoms with Crippen LogP contribution in [0.3, 0.4) is 0 Å². The molecule has 1 atom stereocenters. The minimum atomic E-state index is -1.45. The van der Waals surface area contributed by atoms with Gasteiger partial charge < -0.3 is 10.4 Å². The fourth-order valence-corrected chi connectivity index (χ4v) is 4.09. The van der Waals surface area contributed by atoms with E-state index in [0.717, 1.165) is 5.56 Å². The monoisotopic (exact) mass is 427 g/mol. The molecule has 1 fully saturated rings. The Morgan fingerprint density at radius 2 is 1.82 bits per heavy atom. The summed E-state index contributed by atoms with van der Waals surface area (Å²) in [5.74, 6) is -1.18. The third-order valence-corrected chi connectivity index (χ3v) is 6.22. The van der Waals surface area contributed by atoms with Gasteiger partial charge in [-0.1, -0.05) is 47.5 Å². The van der Waals surface area contributed by atoms with E-state index in [0.29, 0.717) is 5.02 Å². The van der Waals surface area contributed by atoms with Gasteiger partial charge >= 0.3 is 0 Å². The summed E-state index contributed by atoms with van der Waals surface area (Å²) < 4.78 is 27.7. The lowest BCUT2D eigenvalue weighted by atomic mass is 9.76. The van der Waals surface area contributed by atoms with E-state index in [2.05, 4.69) is 5.32 Å². The SMILES string of the molecule is Cc1cccc(C(=O)NC(c2cccc(F)c2Cl)C2(O)CCC(F)CC2)c1Cl. The Hall–Kier alpha value is -1.69. The summed E-state index contributed by atoms with van der Waals surface area (Å²) in [6.07, 6.45) is -0.464. The van der Waals surface area contributed by atoms with Gasteiger partial charge in [-0.3, -0.25) is 4.79 Å². The van der Waals surface area contributed by atoms with Crippen molar-refractivity contribution in [3.05, 3.63) is 69.0 Å². The van der Waals surface area contributed by atoms with Gasteiger partial charge in [-0.15, -0.1) is 0 Å². The van der Waals surface area contributed by atoms with E-state index in [4.69, 9.17) is 23.2 Å². The van der Waals surface area contributed by atoms with Crippen molar-refractivity contribution in [1.82, 2.24) is 5.32 Å². The number of nitrogens with one attached hydrogen (secondary N) is 1. The summed E-state index contributed by atoms with van der Waals surface area (Å²) in [5.41, 5.74) is -0.238. The van der Waals surface area contributed by atoms with Crippen molar-refractivity contribution in [2.75, 3.05) is 0 Å². The number of aliphatic hydroxyl groups is 1. The third-order valence-electron chi connectivity index (χ3n) is 5.32. The highest BCUT2D eigenvalue weighted by Crippen LogP contribution is 2.42. The molecule has 0 aromatic heterocycles. The first-order valence-electron chi connectivity index (χ1n) is 9.09. The molecule has 0 saturated heterocycles. The van der Waals surface area contributed by atoms with E-state index in [1.807, 2.05) is 0 Å². The maximum atomic E-state index is 14.1. The topological polar surface area (TPSA) is 49.3 Å². The van der Waals surface area contributed by atoms with E-state index < -0.39 is 29.5 Å². The lowest BCUT2D eigenvalue weighted by molar-refractivity contribution is -0.0445. The van der Waals surface area contributed by atoms with Gasteiger partial charge in [-0.2, -0.15) is 0 Å². The Balaban J connectivity index is 2.00. The van der Waals surface area contributed by atoms with Crippen LogP contribution in [-0.2, 0) is 0 Å². The zero-order valence-corrected chi connectivity index (χ0v) is 16.8. The summed E-state index contributed by atoms with van der Waals surface area (Å²) in [6, 6.07) is 8.24. The third kappa shape index (κ3) is 4.17. The number of halogens is 4. The molecule has 0 spiro atoms. The van der Waals surface area contributed by atoms with Crippen LogP contribution in [0.2, 0.25) is 10.0 Å². The molecule has 2 N–H and O–H groups in total. The summed E-state index contributed by atoms with van der Waals surface area (Å²) in [7, 11) is 0. The summed E-state index contributed by atoms with van der Waals surface area (Å²) in [6.45, 7) is 1.77. The molecule has 1 amide bonds. The molecule has 1 unspecified atom stereocenters. The molecule has 1 aliphatic carbocycles. The Morgan fingerprint density at radius 1 is 1.18 bits per heavy atom. The predicted octanol–water partition coefficient (Wildman–Crippen LogP) is 5.56. The number of aryl methyl sites for hydroxylation is 1. The highest BCUT2D eigenvalue weighted by Gasteiger charge is 2.43. The van der Waals surface area contributed by atoms with Crippen LogP contribution in [0.15, 0.2) is 36.4 Å². The van der Waals surface area contributed by atoms with Crippen LogP contribution in [-0.4, -0.2) is 22.8 Å². The van der Waals surface area contributed by atoms with Crippen LogP contribution in [0.25, 0.3) is 0 Å². The molecular formula is C21H21Cl2F2NO2. The zero-order chi connectivity index (χ0) is 20.5. The summed E-state index contributed by atoms with van der Waals surface area (Å²) in [4.78, 5) is 12.9. The summed E-state index contributed by atoms with van der Waals surface area (Å²) >= 11 is 12.4. The molecular weight excluding hydrogens is 407 g/mol. The Labute approximate surface area is 172 Å². The Morgan fingerprint density at radius 3 is 2.50 bits per heavy atom. The molecule has 28 heavy (non-hydrogen) atoms. The number of hydrogen-bond donors (Lipinski definition) is 2. The smallest absolute Gasteiger partial charge is 0.253 e. The average molecular weight is 428 g/mol. The van der Waals surface area contributed by atoms with Crippen molar-refractivity contribution in [3.63, 3.8) is 0 Å². The van der Waals surface area contributed by atoms with Gasteiger partial charge in [0.2, 0.25) is 0 Å². The van der Waals surface area contributed by atoms with Gasteiger partial charge in [0.1, 0.15) is 12.0 Å². The van der Waals surface area contributed by atoms with Crippen molar-refractivity contribution in [2.45, 2.75) is 50.4 Å². The molecule has 3 rings (SSSR count). The van der Waals surface area contributed by atoms with Crippen LogP contribution in [0.5, 0.6) is 0 Å². The number of benzene rings is 2. The Kier molecular flexibility index (Phi) is 6.28. The first kappa shape index (κ1) is 21.0. The molecule has 7 heteroatoms. The molecule has 150 valence electrons. The second kappa shape index (κ2) is 8.36. The quantitative estimate of drug-likeness (QED) is 0.671. The lowest BCUT2D eigenvalue weighted by Crippen LogP contribution is -2.48. The second-order valence-corrected chi connectivity index (χ2v) is 8.02. The highest BCUT2D eigenvalue weighted by atomic mass is 35.5. The molecule has 3 nitrogen and oxygen atoms in total. The fourth-order valence-electron chi connectivity index (χ4n) is 3.65. The minimum absolute atomic E-state index is 0.119. The fraction of sp³-hybridized carbons (Fsp3) is 0.381. The van der Waals surface area contributed by atoms with E-state index in [1.54, 1.807) is 31.2 Å². The minimum Gasteiger partial charge on any atom is -0.387 e. The molecule has 2 aromatic rings. The van der Waals surface area contributed by atoms with Gasteiger partial charge in [0.25, 0.3) is 5.91 Å². The van der Waals surface area contributed by atoms with Crippen molar-refractivity contribution < 1.29 is 18.7 Å². The zero-order valence-electron chi connectivity index (χ0n) is 15.3.